The zero-order valence-corrected chi connectivity index (χ0v) is 13.1. The molecule has 21 heavy (non-hydrogen) atoms. The maximum Gasteiger partial charge on any atom is 0.223 e. The van der Waals surface area contributed by atoms with E-state index in [-0.39, 0.29) is 17.9 Å². The van der Waals surface area contributed by atoms with Crippen LogP contribution in [0, 0.1) is 11.8 Å². The van der Waals surface area contributed by atoms with E-state index >= 15 is 0 Å². The molecule has 4 heteroatoms. The fourth-order valence-electron chi connectivity index (χ4n) is 3.27. The monoisotopic (exact) mass is 289 g/mol. The van der Waals surface area contributed by atoms with Gasteiger partial charge in [-0.3, -0.25) is 4.79 Å². The lowest BCUT2D eigenvalue weighted by molar-refractivity contribution is -0.126. The van der Waals surface area contributed by atoms with E-state index in [9.17, 15) is 4.79 Å². The highest BCUT2D eigenvalue weighted by Crippen LogP contribution is 2.31. The van der Waals surface area contributed by atoms with Crippen LogP contribution in [0.2, 0.25) is 0 Å². The van der Waals surface area contributed by atoms with Crippen molar-refractivity contribution >= 4 is 5.91 Å². The summed E-state index contributed by atoms with van der Waals surface area (Å²) < 4.78 is 0. The van der Waals surface area contributed by atoms with Gasteiger partial charge in [-0.15, -0.1) is 0 Å². The smallest absolute Gasteiger partial charge is 0.223 e. The first kappa shape index (κ1) is 16.0. The molecule has 1 aromatic rings. The number of carbonyl (C=O) groups is 1. The van der Waals surface area contributed by atoms with E-state index in [1.165, 1.54) is 5.56 Å². The van der Waals surface area contributed by atoms with E-state index in [4.69, 9.17) is 5.73 Å². The van der Waals surface area contributed by atoms with Crippen LogP contribution < -0.4 is 11.1 Å². The van der Waals surface area contributed by atoms with Crippen molar-refractivity contribution in [1.29, 1.82) is 0 Å². The van der Waals surface area contributed by atoms with Gasteiger partial charge < -0.3 is 16.0 Å². The van der Waals surface area contributed by atoms with Crippen molar-refractivity contribution in [2.24, 2.45) is 17.6 Å². The number of amides is 1. The van der Waals surface area contributed by atoms with Crippen LogP contribution in [0.3, 0.4) is 0 Å². The molecule has 1 amide bonds. The molecule has 3 atom stereocenters. The Morgan fingerprint density at radius 2 is 2.05 bits per heavy atom. The number of benzene rings is 1. The summed E-state index contributed by atoms with van der Waals surface area (Å²) in [5.41, 5.74) is 7.00. The molecule has 0 saturated heterocycles. The van der Waals surface area contributed by atoms with Crippen LogP contribution in [0.4, 0.5) is 0 Å². The van der Waals surface area contributed by atoms with Crippen molar-refractivity contribution in [2.45, 2.75) is 25.3 Å². The van der Waals surface area contributed by atoms with Gasteiger partial charge >= 0.3 is 0 Å². The summed E-state index contributed by atoms with van der Waals surface area (Å²) in [6.07, 6.45) is 3.19. The van der Waals surface area contributed by atoms with Gasteiger partial charge in [-0.25, -0.2) is 0 Å². The van der Waals surface area contributed by atoms with Crippen molar-refractivity contribution in [3.05, 3.63) is 35.9 Å². The predicted molar refractivity (Wildman–Crippen MR) is 85.8 cm³/mol. The summed E-state index contributed by atoms with van der Waals surface area (Å²) in [7, 11) is 4.09. The average Bonchev–Trinajstić information content (AvgIpc) is 2.96. The van der Waals surface area contributed by atoms with Crippen LogP contribution in [0.5, 0.6) is 0 Å². The summed E-state index contributed by atoms with van der Waals surface area (Å²) >= 11 is 0. The van der Waals surface area contributed by atoms with Crippen LogP contribution in [0.1, 0.15) is 30.9 Å². The molecular formula is C17H27N3O. The third-order valence-corrected chi connectivity index (χ3v) is 4.58. The van der Waals surface area contributed by atoms with Crippen LogP contribution in [0.25, 0.3) is 0 Å². The van der Waals surface area contributed by atoms with E-state index in [1.54, 1.807) is 0 Å². The van der Waals surface area contributed by atoms with Gasteiger partial charge in [0.1, 0.15) is 0 Å². The van der Waals surface area contributed by atoms with Gasteiger partial charge in [0, 0.05) is 12.5 Å². The van der Waals surface area contributed by atoms with Gasteiger partial charge in [-0.1, -0.05) is 36.8 Å². The van der Waals surface area contributed by atoms with E-state index in [1.807, 2.05) is 32.3 Å². The normalized spacial score (nSPS) is 23.2. The van der Waals surface area contributed by atoms with Crippen molar-refractivity contribution in [1.82, 2.24) is 10.2 Å². The predicted octanol–water partition coefficient (Wildman–Crippen LogP) is 1.78. The summed E-state index contributed by atoms with van der Waals surface area (Å²) in [5.74, 6) is 0.638. The summed E-state index contributed by atoms with van der Waals surface area (Å²) in [4.78, 5) is 14.5. The Bertz CT molecular complexity index is 447. The third-order valence-electron chi connectivity index (χ3n) is 4.58. The summed E-state index contributed by atoms with van der Waals surface area (Å²) in [6, 6.07) is 10.5. The standard InChI is InChI=1S/C17H27N3O/c1-20(2)16(13-7-4-3-5-8-13)12-19-17(21)15-10-6-9-14(15)11-18/h3-5,7-8,14-16H,6,9-12,18H2,1-2H3,(H,19,21). The van der Waals surface area contributed by atoms with Gasteiger partial charge in [0.15, 0.2) is 0 Å². The summed E-state index contributed by atoms with van der Waals surface area (Å²) in [5, 5.41) is 3.13. The van der Waals surface area contributed by atoms with E-state index in [2.05, 4.69) is 22.3 Å². The minimum Gasteiger partial charge on any atom is -0.354 e. The van der Waals surface area contributed by atoms with Crippen molar-refractivity contribution < 1.29 is 4.79 Å². The molecule has 3 N–H and O–H groups in total. The molecule has 0 aromatic heterocycles. The quantitative estimate of drug-likeness (QED) is 0.839. The third kappa shape index (κ3) is 4.05. The average molecular weight is 289 g/mol. The zero-order chi connectivity index (χ0) is 15.2. The molecule has 116 valence electrons. The number of rotatable bonds is 6. The van der Waals surface area contributed by atoms with Crippen molar-refractivity contribution in [2.75, 3.05) is 27.2 Å². The largest absolute Gasteiger partial charge is 0.354 e. The SMILES string of the molecule is CN(C)C(CNC(=O)C1CCCC1CN)c1ccccc1. The topological polar surface area (TPSA) is 58.4 Å². The molecule has 3 unspecified atom stereocenters. The lowest BCUT2D eigenvalue weighted by Gasteiger charge is -2.26. The highest BCUT2D eigenvalue weighted by Gasteiger charge is 2.32. The van der Waals surface area contributed by atoms with Gasteiger partial charge in [0.05, 0.1) is 6.04 Å². The van der Waals surface area contributed by atoms with E-state index < -0.39 is 0 Å². The molecule has 0 bridgehead atoms. The highest BCUT2D eigenvalue weighted by atomic mass is 16.1. The Kier molecular flexibility index (Phi) is 5.76. The Balaban J connectivity index is 1.95. The van der Waals surface area contributed by atoms with Crippen molar-refractivity contribution in [3.8, 4) is 0 Å². The number of hydrogen-bond donors (Lipinski definition) is 2. The second-order valence-electron chi connectivity index (χ2n) is 6.17. The molecule has 4 nitrogen and oxygen atoms in total. The van der Waals surface area contributed by atoms with Gasteiger partial charge in [-0.2, -0.15) is 0 Å². The van der Waals surface area contributed by atoms with E-state index in [0.717, 1.165) is 19.3 Å². The zero-order valence-electron chi connectivity index (χ0n) is 13.1. The van der Waals surface area contributed by atoms with Crippen LogP contribution in [-0.4, -0.2) is 38.0 Å². The Morgan fingerprint density at radius 1 is 1.33 bits per heavy atom. The number of hydrogen-bond acceptors (Lipinski definition) is 3. The Hall–Kier alpha value is -1.39. The van der Waals surface area contributed by atoms with Crippen LogP contribution >= 0.6 is 0 Å². The lowest BCUT2D eigenvalue weighted by Crippen LogP contribution is -2.39. The van der Waals surface area contributed by atoms with E-state index in [0.29, 0.717) is 19.0 Å². The first-order chi connectivity index (χ1) is 10.1. The lowest BCUT2D eigenvalue weighted by atomic mass is 9.95. The second-order valence-corrected chi connectivity index (χ2v) is 6.17. The molecule has 1 saturated carbocycles. The number of nitrogens with zero attached hydrogens (tertiary/aromatic N) is 1. The number of carbonyl (C=O) groups excluding carboxylic acids is 1. The first-order valence-electron chi connectivity index (χ1n) is 7.82. The molecule has 0 radical (unpaired) electrons. The maximum absolute atomic E-state index is 12.4. The summed E-state index contributed by atoms with van der Waals surface area (Å²) in [6.45, 7) is 1.26. The minimum absolute atomic E-state index is 0.105. The molecular weight excluding hydrogens is 262 g/mol. The molecule has 1 aliphatic carbocycles. The van der Waals surface area contributed by atoms with Gasteiger partial charge in [0.25, 0.3) is 0 Å². The fourth-order valence-corrected chi connectivity index (χ4v) is 3.27. The van der Waals surface area contributed by atoms with Crippen LogP contribution in [0.15, 0.2) is 30.3 Å². The Morgan fingerprint density at radius 3 is 2.67 bits per heavy atom. The minimum atomic E-state index is 0.105. The Labute approximate surface area is 127 Å². The number of likely N-dealkylation sites (N-methyl/N-ethyl adjacent to an activating group) is 1. The highest BCUT2D eigenvalue weighted by molar-refractivity contribution is 5.79. The number of nitrogens with two attached hydrogens (primary N) is 1. The van der Waals surface area contributed by atoms with Crippen molar-refractivity contribution in [3.63, 3.8) is 0 Å². The maximum atomic E-state index is 12.4. The van der Waals surface area contributed by atoms with Gasteiger partial charge in [0.2, 0.25) is 5.91 Å². The molecule has 1 aliphatic rings. The molecule has 1 aromatic carbocycles. The number of nitrogens with one attached hydrogen (secondary N) is 1. The molecule has 2 rings (SSSR count). The molecule has 1 fully saturated rings. The second kappa shape index (κ2) is 7.57. The van der Waals surface area contributed by atoms with Gasteiger partial charge in [-0.05, 0) is 45.0 Å². The fraction of sp³-hybridized carbons (Fsp3) is 0.588. The first-order valence-corrected chi connectivity index (χ1v) is 7.82. The molecule has 0 heterocycles. The molecule has 0 aliphatic heterocycles. The van der Waals surface area contributed by atoms with Crippen LogP contribution in [-0.2, 0) is 4.79 Å². The molecule has 0 spiro atoms.